The maximum Gasteiger partial charge on any atom is 0.304 e. The Morgan fingerprint density at radius 3 is 2.46 bits per heavy atom. The molecular formula is C18H22N2O3S. The number of benzene rings is 2. The lowest BCUT2D eigenvalue weighted by molar-refractivity contribution is -0.136. The van der Waals surface area contributed by atoms with Crippen molar-refractivity contribution in [3.8, 4) is 0 Å². The van der Waals surface area contributed by atoms with Gasteiger partial charge in [0.25, 0.3) is 0 Å². The number of hydrogen-bond donors (Lipinski definition) is 3. The molecule has 1 unspecified atom stereocenters. The Labute approximate surface area is 144 Å². The molecule has 0 fully saturated rings. The quantitative estimate of drug-likeness (QED) is 0.677. The minimum Gasteiger partial charge on any atom is -0.481 e. The number of aliphatic carboxylic acids is 1. The number of anilines is 3. The number of carboxylic acids is 1. The van der Waals surface area contributed by atoms with E-state index in [1.54, 1.807) is 0 Å². The summed E-state index contributed by atoms with van der Waals surface area (Å²) in [7, 11) is -1.38. The van der Waals surface area contributed by atoms with Crippen LogP contribution in [-0.2, 0) is 15.6 Å². The normalized spacial score (nSPS) is 12.0. The monoisotopic (exact) mass is 346 g/mol. The molecule has 5 nitrogen and oxygen atoms in total. The van der Waals surface area contributed by atoms with Crippen LogP contribution in [0.15, 0.2) is 53.4 Å². The Morgan fingerprint density at radius 2 is 1.83 bits per heavy atom. The van der Waals surface area contributed by atoms with Gasteiger partial charge in [0.1, 0.15) is 0 Å². The Hall–Kier alpha value is -2.34. The largest absolute Gasteiger partial charge is 0.481 e. The second kappa shape index (κ2) is 8.49. The van der Waals surface area contributed by atoms with E-state index in [1.165, 1.54) is 0 Å². The van der Waals surface area contributed by atoms with Gasteiger partial charge in [0.15, 0.2) is 0 Å². The minimum absolute atomic E-state index is 0.0941. The third-order valence-corrected chi connectivity index (χ3v) is 4.64. The summed E-state index contributed by atoms with van der Waals surface area (Å²) in [4.78, 5) is 11.4. The second-order valence-corrected chi connectivity index (χ2v) is 7.23. The van der Waals surface area contributed by atoms with Crippen LogP contribution in [0.2, 0.25) is 0 Å². The Kier molecular flexibility index (Phi) is 6.37. The van der Waals surface area contributed by atoms with Crippen LogP contribution < -0.4 is 10.6 Å². The van der Waals surface area contributed by atoms with E-state index >= 15 is 0 Å². The zero-order valence-corrected chi connectivity index (χ0v) is 14.6. The van der Waals surface area contributed by atoms with E-state index in [0.717, 1.165) is 17.1 Å². The molecule has 0 aromatic heterocycles. The van der Waals surface area contributed by atoms with Gasteiger partial charge in [0, 0.05) is 23.2 Å². The molecule has 0 amide bonds. The van der Waals surface area contributed by atoms with Gasteiger partial charge in [0.05, 0.1) is 27.8 Å². The van der Waals surface area contributed by atoms with Gasteiger partial charge in [0.2, 0.25) is 0 Å². The second-order valence-electron chi connectivity index (χ2n) is 5.69. The van der Waals surface area contributed by atoms with Gasteiger partial charge in [-0.3, -0.25) is 9.00 Å². The molecule has 3 N–H and O–H groups in total. The van der Waals surface area contributed by atoms with Crippen molar-refractivity contribution < 1.29 is 14.1 Å². The van der Waals surface area contributed by atoms with Gasteiger partial charge in [-0.15, -0.1) is 0 Å². The van der Waals surface area contributed by atoms with Gasteiger partial charge in [-0.25, -0.2) is 0 Å². The van der Waals surface area contributed by atoms with Crippen LogP contribution in [0.3, 0.4) is 0 Å². The zero-order chi connectivity index (χ0) is 17.5. The fourth-order valence-corrected chi connectivity index (χ4v) is 3.41. The molecule has 2 rings (SSSR count). The molecule has 1 atom stereocenters. The van der Waals surface area contributed by atoms with Gasteiger partial charge >= 0.3 is 5.97 Å². The molecule has 6 heteroatoms. The Bertz CT molecular complexity index is 717. The van der Waals surface area contributed by atoms with E-state index in [2.05, 4.69) is 10.6 Å². The van der Waals surface area contributed by atoms with Crippen molar-refractivity contribution in [2.45, 2.75) is 31.2 Å². The molecule has 24 heavy (non-hydrogen) atoms. The number of para-hydroxylation sites is 1. The van der Waals surface area contributed by atoms with Crippen LogP contribution in [0.25, 0.3) is 0 Å². The van der Waals surface area contributed by atoms with E-state index in [1.807, 2.05) is 62.4 Å². The molecule has 0 aliphatic heterocycles. The summed E-state index contributed by atoms with van der Waals surface area (Å²) in [5, 5.41) is 15.3. The number of rotatable bonds is 8. The first-order chi connectivity index (χ1) is 11.5. The highest BCUT2D eigenvalue weighted by molar-refractivity contribution is 7.85. The number of carbonyl (C=O) groups is 1. The van der Waals surface area contributed by atoms with Crippen LogP contribution >= 0.6 is 0 Å². The van der Waals surface area contributed by atoms with Crippen molar-refractivity contribution in [1.82, 2.24) is 0 Å². The SMILES string of the molecule is CC(C)Nc1ccc(Nc2ccccc2)cc1S(=O)CCC(=O)O. The molecule has 2 aromatic carbocycles. The molecule has 2 aromatic rings. The van der Waals surface area contributed by atoms with Crippen molar-refractivity contribution in [2.24, 2.45) is 0 Å². The number of hydrogen-bond acceptors (Lipinski definition) is 4. The molecule has 0 spiro atoms. The highest BCUT2D eigenvalue weighted by Crippen LogP contribution is 2.27. The van der Waals surface area contributed by atoms with Gasteiger partial charge in [-0.05, 0) is 44.2 Å². The third kappa shape index (κ3) is 5.38. The summed E-state index contributed by atoms with van der Waals surface area (Å²) < 4.78 is 12.5. The molecule has 0 aliphatic carbocycles. The summed E-state index contributed by atoms with van der Waals surface area (Å²) in [5.74, 6) is -0.850. The number of nitrogens with one attached hydrogen (secondary N) is 2. The van der Waals surface area contributed by atoms with E-state index < -0.39 is 16.8 Å². The first kappa shape index (κ1) is 18.0. The molecule has 0 saturated carbocycles. The summed E-state index contributed by atoms with van der Waals surface area (Å²) in [6.45, 7) is 4.00. The van der Waals surface area contributed by atoms with Crippen LogP contribution in [-0.4, -0.2) is 27.1 Å². The summed E-state index contributed by atoms with van der Waals surface area (Å²) in [5.41, 5.74) is 2.52. The fraction of sp³-hybridized carbons (Fsp3) is 0.278. The maximum absolute atomic E-state index is 12.5. The predicted octanol–water partition coefficient (Wildman–Crippen LogP) is 3.83. The molecule has 0 heterocycles. The van der Waals surface area contributed by atoms with E-state index in [9.17, 15) is 9.00 Å². The molecule has 0 saturated heterocycles. The lowest BCUT2D eigenvalue weighted by atomic mass is 10.2. The van der Waals surface area contributed by atoms with Crippen molar-refractivity contribution in [2.75, 3.05) is 16.4 Å². The maximum atomic E-state index is 12.5. The van der Waals surface area contributed by atoms with Crippen molar-refractivity contribution >= 4 is 33.8 Å². The lowest BCUT2D eigenvalue weighted by Crippen LogP contribution is -2.13. The van der Waals surface area contributed by atoms with Crippen LogP contribution in [0.4, 0.5) is 17.1 Å². The van der Waals surface area contributed by atoms with E-state index in [-0.39, 0.29) is 18.2 Å². The highest BCUT2D eigenvalue weighted by atomic mass is 32.2. The first-order valence-corrected chi connectivity index (χ1v) is 9.10. The Balaban J connectivity index is 2.27. The molecule has 0 radical (unpaired) electrons. The van der Waals surface area contributed by atoms with E-state index in [0.29, 0.717) is 4.90 Å². The molecule has 128 valence electrons. The van der Waals surface area contributed by atoms with Crippen molar-refractivity contribution in [3.05, 3.63) is 48.5 Å². The van der Waals surface area contributed by atoms with Crippen molar-refractivity contribution in [3.63, 3.8) is 0 Å². The minimum atomic E-state index is -1.38. The summed E-state index contributed by atoms with van der Waals surface area (Å²) >= 11 is 0. The van der Waals surface area contributed by atoms with Gasteiger partial charge in [-0.1, -0.05) is 18.2 Å². The van der Waals surface area contributed by atoms with Crippen molar-refractivity contribution in [1.29, 1.82) is 0 Å². The average molecular weight is 346 g/mol. The number of carboxylic acid groups (broad SMARTS) is 1. The van der Waals surface area contributed by atoms with Gasteiger partial charge in [-0.2, -0.15) is 0 Å². The van der Waals surface area contributed by atoms with Gasteiger partial charge < -0.3 is 15.7 Å². The van der Waals surface area contributed by atoms with Crippen LogP contribution in [0.1, 0.15) is 20.3 Å². The summed E-state index contributed by atoms with van der Waals surface area (Å²) in [6, 6.07) is 15.5. The predicted molar refractivity (Wildman–Crippen MR) is 98.5 cm³/mol. The Morgan fingerprint density at radius 1 is 1.12 bits per heavy atom. The van der Waals surface area contributed by atoms with E-state index in [4.69, 9.17) is 5.11 Å². The van der Waals surface area contributed by atoms with Crippen LogP contribution in [0, 0.1) is 0 Å². The molecular weight excluding hydrogens is 324 g/mol. The fourth-order valence-electron chi connectivity index (χ4n) is 2.20. The molecule has 0 aliphatic rings. The smallest absolute Gasteiger partial charge is 0.304 e. The average Bonchev–Trinajstić information content (AvgIpc) is 2.54. The molecule has 0 bridgehead atoms. The van der Waals surface area contributed by atoms with Crippen LogP contribution in [0.5, 0.6) is 0 Å². The highest BCUT2D eigenvalue weighted by Gasteiger charge is 2.13. The standard InChI is InChI=1S/C18H22N2O3S/c1-13(2)19-16-9-8-15(20-14-6-4-3-5-7-14)12-17(16)24(23)11-10-18(21)22/h3-9,12-13,19-20H,10-11H2,1-2H3,(H,21,22). The summed E-state index contributed by atoms with van der Waals surface area (Å²) in [6.07, 6.45) is -0.121. The topological polar surface area (TPSA) is 78.4 Å². The first-order valence-electron chi connectivity index (χ1n) is 7.78. The lowest BCUT2D eigenvalue weighted by Gasteiger charge is -2.16. The third-order valence-electron chi connectivity index (χ3n) is 3.23. The zero-order valence-electron chi connectivity index (χ0n) is 13.8.